The Balaban J connectivity index is 2.24. The van der Waals surface area contributed by atoms with E-state index in [9.17, 15) is 9.59 Å². The van der Waals surface area contributed by atoms with Gasteiger partial charge in [-0.3, -0.25) is 25.4 Å². The van der Waals surface area contributed by atoms with Crippen molar-refractivity contribution >= 4 is 34.8 Å². The number of hydrogen-bond donors (Lipinski definition) is 2. The van der Waals surface area contributed by atoms with Gasteiger partial charge in [0.2, 0.25) is 17.5 Å². The second kappa shape index (κ2) is 8.12. The standard InChI is InChI=1S/C17H17ClN4O2/c1-12(23)22(2)21-17(16(24)13-6-4-3-5-7-13)20-19-15-10-8-14(18)9-11-15/h3-11,19H,1-2H3,(H,20,21). The van der Waals surface area contributed by atoms with Gasteiger partial charge < -0.3 is 0 Å². The summed E-state index contributed by atoms with van der Waals surface area (Å²) in [5.41, 5.74) is 6.58. The summed E-state index contributed by atoms with van der Waals surface area (Å²) in [5.74, 6) is -0.603. The number of hydrazone groups is 1. The number of anilines is 1. The number of Topliss-reactive ketones (excluding diaryl/α,β-unsaturated/α-hetero) is 1. The molecular formula is C17H17ClN4O2. The van der Waals surface area contributed by atoms with Crippen LogP contribution in [0.25, 0.3) is 0 Å². The van der Waals surface area contributed by atoms with Crippen molar-refractivity contribution < 1.29 is 9.59 Å². The van der Waals surface area contributed by atoms with Crippen LogP contribution in [0.2, 0.25) is 5.02 Å². The minimum Gasteiger partial charge on any atom is -0.285 e. The van der Waals surface area contributed by atoms with Gasteiger partial charge in [0.05, 0.1) is 5.69 Å². The van der Waals surface area contributed by atoms with Crippen molar-refractivity contribution in [1.29, 1.82) is 0 Å². The Morgan fingerprint density at radius 2 is 1.67 bits per heavy atom. The van der Waals surface area contributed by atoms with Gasteiger partial charge in [0, 0.05) is 24.6 Å². The van der Waals surface area contributed by atoms with Gasteiger partial charge in [0.25, 0.3) is 0 Å². The Hall–Kier alpha value is -2.86. The van der Waals surface area contributed by atoms with Crippen molar-refractivity contribution in [3.05, 3.63) is 65.2 Å². The molecule has 124 valence electrons. The van der Waals surface area contributed by atoms with Crippen LogP contribution < -0.4 is 10.9 Å². The molecule has 0 aliphatic rings. The van der Waals surface area contributed by atoms with Gasteiger partial charge in [-0.25, -0.2) is 0 Å². The number of ketones is 1. The van der Waals surface area contributed by atoms with Crippen LogP contribution in [0.15, 0.2) is 59.7 Å². The van der Waals surface area contributed by atoms with Crippen LogP contribution in [0.4, 0.5) is 5.69 Å². The fourth-order valence-corrected chi connectivity index (χ4v) is 1.86. The number of rotatable bonds is 4. The lowest BCUT2D eigenvalue weighted by Crippen LogP contribution is -2.45. The molecule has 0 unspecified atom stereocenters. The monoisotopic (exact) mass is 344 g/mol. The smallest absolute Gasteiger partial charge is 0.237 e. The number of amides is 1. The molecule has 0 radical (unpaired) electrons. The molecule has 0 bridgehead atoms. The lowest BCUT2D eigenvalue weighted by atomic mass is 10.1. The van der Waals surface area contributed by atoms with E-state index in [2.05, 4.69) is 16.0 Å². The summed E-state index contributed by atoms with van der Waals surface area (Å²) in [6.07, 6.45) is 0. The van der Waals surface area contributed by atoms with Gasteiger partial charge in [-0.2, -0.15) is 5.10 Å². The van der Waals surface area contributed by atoms with Crippen LogP contribution in [0.1, 0.15) is 17.3 Å². The molecule has 0 aliphatic heterocycles. The SMILES string of the molecule is CC(=O)N(C)N/C(=N\Nc1ccc(Cl)cc1)C(=O)c1ccccc1. The highest BCUT2D eigenvalue weighted by atomic mass is 35.5. The molecule has 0 atom stereocenters. The predicted octanol–water partition coefficient (Wildman–Crippen LogP) is 2.93. The molecule has 2 aromatic rings. The summed E-state index contributed by atoms with van der Waals surface area (Å²) in [7, 11) is 1.51. The predicted molar refractivity (Wildman–Crippen MR) is 94.9 cm³/mol. The Kier molecular flexibility index (Phi) is 5.92. The highest BCUT2D eigenvalue weighted by Gasteiger charge is 2.17. The zero-order valence-electron chi connectivity index (χ0n) is 13.3. The zero-order chi connectivity index (χ0) is 17.5. The maximum absolute atomic E-state index is 12.6. The van der Waals surface area contributed by atoms with Crippen LogP contribution in [0.5, 0.6) is 0 Å². The number of nitrogens with one attached hydrogen (secondary N) is 2. The molecule has 0 aromatic heterocycles. The summed E-state index contributed by atoms with van der Waals surface area (Å²) in [6.45, 7) is 1.38. The Labute approximate surface area is 145 Å². The lowest BCUT2D eigenvalue weighted by Gasteiger charge is -2.18. The molecule has 0 spiro atoms. The normalized spacial score (nSPS) is 10.9. The summed E-state index contributed by atoms with van der Waals surface area (Å²) in [5, 5.41) is 5.87. The molecular weight excluding hydrogens is 328 g/mol. The van der Waals surface area contributed by atoms with Gasteiger partial charge in [-0.1, -0.05) is 41.9 Å². The van der Waals surface area contributed by atoms with Crippen molar-refractivity contribution in [3.63, 3.8) is 0 Å². The van der Waals surface area contributed by atoms with Gasteiger partial charge in [0.1, 0.15) is 0 Å². The quantitative estimate of drug-likeness (QED) is 0.387. The molecule has 1 amide bonds. The third-order valence-electron chi connectivity index (χ3n) is 3.14. The third-order valence-corrected chi connectivity index (χ3v) is 3.39. The van der Waals surface area contributed by atoms with Gasteiger partial charge in [-0.05, 0) is 24.3 Å². The molecule has 0 fully saturated rings. The zero-order valence-corrected chi connectivity index (χ0v) is 14.0. The number of halogens is 1. The molecule has 0 heterocycles. The third kappa shape index (κ3) is 4.82. The van der Waals surface area contributed by atoms with Crippen molar-refractivity contribution in [1.82, 2.24) is 10.4 Å². The largest absolute Gasteiger partial charge is 0.285 e. The van der Waals surface area contributed by atoms with Gasteiger partial charge >= 0.3 is 0 Å². The van der Waals surface area contributed by atoms with E-state index in [-0.39, 0.29) is 17.5 Å². The van der Waals surface area contributed by atoms with Crippen LogP contribution >= 0.6 is 11.6 Å². The van der Waals surface area contributed by atoms with Gasteiger partial charge in [-0.15, -0.1) is 0 Å². The first kappa shape index (κ1) is 17.5. The first-order chi connectivity index (χ1) is 11.5. The van der Waals surface area contributed by atoms with Crippen molar-refractivity contribution in [2.75, 3.05) is 12.5 Å². The number of nitrogens with zero attached hydrogens (tertiary/aromatic N) is 2. The summed E-state index contributed by atoms with van der Waals surface area (Å²) >= 11 is 5.83. The van der Waals surface area contributed by atoms with E-state index in [1.54, 1.807) is 48.5 Å². The Bertz CT molecular complexity index is 745. The summed E-state index contributed by atoms with van der Waals surface area (Å²) < 4.78 is 0. The fraction of sp³-hybridized carbons (Fsp3) is 0.118. The number of carbonyl (C=O) groups is 2. The van der Waals surface area contributed by atoms with Crippen molar-refractivity contribution in [2.45, 2.75) is 6.92 Å². The Morgan fingerprint density at radius 1 is 1.04 bits per heavy atom. The average Bonchev–Trinajstić information content (AvgIpc) is 2.59. The highest BCUT2D eigenvalue weighted by Crippen LogP contribution is 2.13. The molecule has 0 aliphatic carbocycles. The van der Waals surface area contributed by atoms with Crippen LogP contribution in [-0.4, -0.2) is 29.6 Å². The van der Waals surface area contributed by atoms with Crippen molar-refractivity contribution in [2.24, 2.45) is 5.10 Å². The van der Waals surface area contributed by atoms with Crippen LogP contribution in [0, 0.1) is 0 Å². The number of hydrazine groups is 1. The molecule has 7 heteroatoms. The molecule has 0 saturated carbocycles. The van der Waals surface area contributed by atoms with E-state index in [4.69, 9.17) is 11.6 Å². The topological polar surface area (TPSA) is 73.8 Å². The minimum atomic E-state index is -0.342. The van der Waals surface area contributed by atoms with E-state index in [1.807, 2.05) is 6.07 Å². The average molecular weight is 345 g/mol. The molecule has 0 saturated heterocycles. The minimum absolute atomic E-state index is 0.00569. The maximum atomic E-state index is 12.6. The number of amidine groups is 1. The molecule has 2 rings (SSSR count). The summed E-state index contributed by atoms with van der Waals surface area (Å²) in [6, 6.07) is 15.5. The van der Waals surface area contributed by atoms with E-state index >= 15 is 0 Å². The Morgan fingerprint density at radius 3 is 2.25 bits per heavy atom. The van der Waals surface area contributed by atoms with Crippen LogP contribution in [0.3, 0.4) is 0 Å². The van der Waals surface area contributed by atoms with Gasteiger partial charge in [0.15, 0.2) is 0 Å². The van der Waals surface area contributed by atoms with Crippen LogP contribution in [-0.2, 0) is 4.79 Å². The second-order valence-corrected chi connectivity index (χ2v) is 5.40. The molecule has 24 heavy (non-hydrogen) atoms. The van der Waals surface area contributed by atoms with E-state index < -0.39 is 0 Å². The molecule has 2 aromatic carbocycles. The van der Waals surface area contributed by atoms with Crippen molar-refractivity contribution in [3.8, 4) is 0 Å². The van der Waals surface area contributed by atoms with E-state index in [1.165, 1.54) is 19.0 Å². The first-order valence-corrected chi connectivity index (χ1v) is 7.55. The maximum Gasteiger partial charge on any atom is 0.237 e. The fourth-order valence-electron chi connectivity index (χ4n) is 1.74. The second-order valence-electron chi connectivity index (χ2n) is 4.96. The summed E-state index contributed by atoms with van der Waals surface area (Å²) in [4.78, 5) is 24.0. The lowest BCUT2D eigenvalue weighted by molar-refractivity contribution is -0.129. The molecule has 6 nitrogen and oxygen atoms in total. The number of hydrogen-bond acceptors (Lipinski definition) is 4. The highest BCUT2D eigenvalue weighted by molar-refractivity contribution is 6.45. The number of benzene rings is 2. The first-order valence-electron chi connectivity index (χ1n) is 7.17. The van der Waals surface area contributed by atoms with E-state index in [0.717, 1.165) is 0 Å². The molecule has 2 N–H and O–H groups in total. The van der Waals surface area contributed by atoms with E-state index in [0.29, 0.717) is 16.3 Å². The number of carbonyl (C=O) groups excluding carboxylic acids is 2.